The topological polar surface area (TPSA) is 26.3 Å². The molecule has 0 aromatic heterocycles. The molecule has 0 radical (unpaired) electrons. The van der Waals surface area contributed by atoms with Crippen LogP contribution >= 0.6 is 0 Å². The number of hydrogen-bond acceptors (Lipinski definition) is 2. The molecule has 0 aromatic rings. The SMILES string of the molecule is CCCCCCCCCCCCCCCCCCCCCCCCCCCCCC(=O)OCC(CCCCCCCCCCCCCCCC)CCCCCCCCCCCCCCCCCC. The Hall–Kier alpha value is -0.530. The third kappa shape index (κ3) is 59.8. The monoisotopic (exact) mass is 957 g/mol. The standard InChI is InChI=1S/C66H132O2/c1-4-7-10-13-16-19-22-25-28-30-31-32-33-34-35-36-37-38-39-40-42-45-48-51-54-57-60-63-66(67)68-64-65(61-58-55-52-49-46-43-27-24-21-18-15-12-9-6-3)62-59-56-53-50-47-44-41-29-26-23-20-17-14-11-8-5-2/h65H,4-64H2,1-3H3. The number of unbranched alkanes of at least 4 members (excludes halogenated alkanes) is 54. The predicted molar refractivity (Wildman–Crippen MR) is 308 cm³/mol. The molecule has 0 bridgehead atoms. The van der Waals surface area contributed by atoms with Crippen molar-refractivity contribution in [2.24, 2.45) is 5.92 Å². The summed E-state index contributed by atoms with van der Waals surface area (Å²) in [5.41, 5.74) is 0. The summed E-state index contributed by atoms with van der Waals surface area (Å²) < 4.78 is 5.97. The molecule has 0 N–H and O–H groups in total. The van der Waals surface area contributed by atoms with Crippen LogP contribution in [0.2, 0.25) is 0 Å². The number of rotatable bonds is 62. The van der Waals surface area contributed by atoms with E-state index in [-0.39, 0.29) is 5.97 Å². The van der Waals surface area contributed by atoms with Gasteiger partial charge in [-0.2, -0.15) is 0 Å². The molecule has 0 aliphatic carbocycles. The van der Waals surface area contributed by atoms with Crippen LogP contribution in [0.4, 0.5) is 0 Å². The Morgan fingerprint density at radius 3 is 0.588 bits per heavy atom. The van der Waals surface area contributed by atoms with Crippen LogP contribution in [0.1, 0.15) is 406 Å². The van der Waals surface area contributed by atoms with Gasteiger partial charge in [-0.05, 0) is 25.2 Å². The number of carbonyl (C=O) groups excluding carboxylic acids is 1. The van der Waals surface area contributed by atoms with E-state index in [2.05, 4.69) is 20.8 Å². The van der Waals surface area contributed by atoms with Crippen molar-refractivity contribution in [3.05, 3.63) is 0 Å². The fourth-order valence-corrected chi connectivity index (χ4v) is 11.0. The average Bonchev–Trinajstić information content (AvgIpc) is 3.35. The Bertz CT molecular complexity index is 882. The summed E-state index contributed by atoms with van der Waals surface area (Å²) in [5.74, 6) is 0.643. The second kappa shape index (κ2) is 62.6. The van der Waals surface area contributed by atoms with Crippen LogP contribution in [-0.2, 0) is 9.53 Å². The summed E-state index contributed by atoms with van der Waals surface area (Å²) >= 11 is 0. The number of hydrogen-bond donors (Lipinski definition) is 0. The molecule has 68 heavy (non-hydrogen) atoms. The Kier molecular flexibility index (Phi) is 62.1. The van der Waals surface area contributed by atoms with Gasteiger partial charge < -0.3 is 4.74 Å². The largest absolute Gasteiger partial charge is 0.465 e. The van der Waals surface area contributed by atoms with E-state index >= 15 is 0 Å². The first kappa shape index (κ1) is 67.5. The smallest absolute Gasteiger partial charge is 0.305 e. The quantitative estimate of drug-likeness (QED) is 0.0449. The number of ether oxygens (including phenoxy) is 1. The van der Waals surface area contributed by atoms with Crippen molar-refractivity contribution in [2.75, 3.05) is 6.61 Å². The van der Waals surface area contributed by atoms with E-state index in [0.717, 1.165) is 6.42 Å². The molecule has 0 spiro atoms. The van der Waals surface area contributed by atoms with Gasteiger partial charge >= 0.3 is 5.97 Å². The molecule has 0 saturated carbocycles. The molecule has 0 aliphatic heterocycles. The second-order valence-corrected chi connectivity index (χ2v) is 23.0. The van der Waals surface area contributed by atoms with E-state index in [4.69, 9.17) is 4.74 Å². The molecule has 1 unspecified atom stereocenters. The highest BCUT2D eigenvalue weighted by atomic mass is 16.5. The average molecular weight is 958 g/mol. The molecule has 0 amide bonds. The van der Waals surface area contributed by atoms with Crippen molar-refractivity contribution in [1.82, 2.24) is 0 Å². The number of carbonyl (C=O) groups is 1. The molecule has 0 fully saturated rings. The normalized spacial score (nSPS) is 12.1. The highest BCUT2D eigenvalue weighted by Crippen LogP contribution is 2.22. The van der Waals surface area contributed by atoms with Gasteiger partial charge in [-0.1, -0.05) is 380 Å². The third-order valence-electron chi connectivity index (χ3n) is 15.9. The van der Waals surface area contributed by atoms with Crippen molar-refractivity contribution in [2.45, 2.75) is 406 Å². The van der Waals surface area contributed by atoms with E-state index < -0.39 is 0 Å². The van der Waals surface area contributed by atoms with Crippen molar-refractivity contribution >= 4 is 5.97 Å². The molecule has 2 heteroatoms. The van der Waals surface area contributed by atoms with Gasteiger partial charge in [-0.3, -0.25) is 4.79 Å². The van der Waals surface area contributed by atoms with Gasteiger partial charge in [-0.25, -0.2) is 0 Å². The second-order valence-electron chi connectivity index (χ2n) is 23.0. The van der Waals surface area contributed by atoms with Crippen LogP contribution in [-0.4, -0.2) is 12.6 Å². The van der Waals surface area contributed by atoms with E-state index in [1.165, 1.54) is 372 Å². The van der Waals surface area contributed by atoms with Gasteiger partial charge in [0.25, 0.3) is 0 Å². The van der Waals surface area contributed by atoms with Crippen molar-refractivity contribution < 1.29 is 9.53 Å². The third-order valence-corrected chi connectivity index (χ3v) is 15.9. The maximum atomic E-state index is 12.8. The van der Waals surface area contributed by atoms with Crippen LogP contribution in [0.15, 0.2) is 0 Å². The highest BCUT2D eigenvalue weighted by Gasteiger charge is 2.13. The maximum Gasteiger partial charge on any atom is 0.305 e. The number of esters is 1. The van der Waals surface area contributed by atoms with Crippen molar-refractivity contribution in [3.8, 4) is 0 Å². The van der Waals surface area contributed by atoms with Gasteiger partial charge in [0.1, 0.15) is 0 Å². The minimum absolute atomic E-state index is 0.0718. The minimum Gasteiger partial charge on any atom is -0.465 e. The molecule has 0 rings (SSSR count). The Morgan fingerprint density at radius 1 is 0.235 bits per heavy atom. The van der Waals surface area contributed by atoms with Crippen molar-refractivity contribution in [1.29, 1.82) is 0 Å². The zero-order chi connectivity index (χ0) is 49.0. The summed E-state index contributed by atoms with van der Waals surface area (Å²) in [6, 6.07) is 0. The molecule has 1 atom stereocenters. The predicted octanol–water partition coefficient (Wildman–Crippen LogP) is 24.6. The van der Waals surface area contributed by atoms with Gasteiger partial charge in [0.05, 0.1) is 6.61 Å². The van der Waals surface area contributed by atoms with Crippen LogP contribution < -0.4 is 0 Å². The lowest BCUT2D eigenvalue weighted by atomic mass is 9.94. The van der Waals surface area contributed by atoms with Crippen LogP contribution in [0.3, 0.4) is 0 Å². The van der Waals surface area contributed by atoms with Crippen molar-refractivity contribution in [3.63, 3.8) is 0 Å². The summed E-state index contributed by atoms with van der Waals surface area (Å²) in [7, 11) is 0. The van der Waals surface area contributed by atoms with Crippen LogP contribution in [0.25, 0.3) is 0 Å². The van der Waals surface area contributed by atoms with Crippen LogP contribution in [0.5, 0.6) is 0 Å². The Morgan fingerprint density at radius 2 is 0.397 bits per heavy atom. The highest BCUT2D eigenvalue weighted by molar-refractivity contribution is 5.69. The lowest BCUT2D eigenvalue weighted by Crippen LogP contribution is -2.14. The molecule has 0 heterocycles. The van der Waals surface area contributed by atoms with Gasteiger partial charge in [0.15, 0.2) is 0 Å². The lowest BCUT2D eigenvalue weighted by molar-refractivity contribution is -0.145. The van der Waals surface area contributed by atoms with Gasteiger partial charge in [0, 0.05) is 6.42 Å². The summed E-state index contributed by atoms with van der Waals surface area (Å²) in [4.78, 5) is 12.8. The minimum atomic E-state index is 0.0718. The molecule has 0 saturated heterocycles. The van der Waals surface area contributed by atoms with E-state index in [9.17, 15) is 4.79 Å². The van der Waals surface area contributed by atoms with E-state index in [1.807, 2.05) is 0 Å². The molecule has 0 aliphatic rings. The Balaban J connectivity index is 3.91. The molecule has 408 valence electrons. The fraction of sp³-hybridized carbons (Fsp3) is 0.985. The first-order chi connectivity index (χ1) is 33.7. The maximum absolute atomic E-state index is 12.8. The van der Waals surface area contributed by atoms with Crippen LogP contribution in [0, 0.1) is 5.92 Å². The zero-order valence-electron chi connectivity index (χ0n) is 48.0. The van der Waals surface area contributed by atoms with E-state index in [1.54, 1.807) is 0 Å². The molecule has 0 aromatic carbocycles. The first-order valence-electron chi connectivity index (χ1n) is 32.9. The summed E-state index contributed by atoms with van der Waals surface area (Å²) in [6.07, 6.45) is 84.0. The molecular formula is C66H132O2. The fourth-order valence-electron chi connectivity index (χ4n) is 11.0. The first-order valence-corrected chi connectivity index (χ1v) is 32.9. The summed E-state index contributed by atoms with van der Waals surface area (Å²) in [6.45, 7) is 7.61. The van der Waals surface area contributed by atoms with Gasteiger partial charge in [0.2, 0.25) is 0 Å². The zero-order valence-corrected chi connectivity index (χ0v) is 48.0. The summed E-state index contributed by atoms with van der Waals surface area (Å²) in [5, 5.41) is 0. The Labute approximate surface area is 432 Å². The molecule has 2 nitrogen and oxygen atoms in total. The van der Waals surface area contributed by atoms with E-state index in [0.29, 0.717) is 18.9 Å². The lowest BCUT2D eigenvalue weighted by Gasteiger charge is -2.17. The van der Waals surface area contributed by atoms with Gasteiger partial charge in [-0.15, -0.1) is 0 Å². The molecular weight excluding hydrogens is 825 g/mol.